The molecule has 0 rings (SSSR count). The molecule has 41 heavy (non-hydrogen) atoms. The molecule has 244 valence electrons. The van der Waals surface area contributed by atoms with Gasteiger partial charge in [0.25, 0.3) is 0 Å². The van der Waals surface area contributed by atoms with Crippen molar-refractivity contribution < 1.29 is 23.8 Å². The summed E-state index contributed by atoms with van der Waals surface area (Å²) in [6.07, 6.45) is 15.9. The zero-order valence-corrected chi connectivity index (χ0v) is 28.1. The number of rotatable bonds is 29. The number of carbonyl (C=O) groups is 2. The molecule has 0 aliphatic rings. The molecular formula is C34H68N2O5. The summed E-state index contributed by atoms with van der Waals surface area (Å²) in [6.45, 7) is 19.7. The smallest absolute Gasteiger partial charge is 0.465 e. The molecule has 7 heteroatoms. The summed E-state index contributed by atoms with van der Waals surface area (Å²) in [5.74, 6) is 0.345. The van der Waals surface area contributed by atoms with Crippen molar-refractivity contribution in [3.05, 3.63) is 0 Å². The molecule has 0 radical (unpaired) electrons. The average molecular weight is 585 g/mol. The molecule has 0 bridgehead atoms. The van der Waals surface area contributed by atoms with Crippen molar-refractivity contribution in [2.75, 3.05) is 52.5 Å². The van der Waals surface area contributed by atoms with Gasteiger partial charge in [0.1, 0.15) is 12.7 Å². The van der Waals surface area contributed by atoms with E-state index in [0.717, 1.165) is 64.8 Å². The van der Waals surface area contributed by atoms with Gasteiger partial charge in [-0.05, 0) is 64.1 Å². The van der Waals surface area contributed by atoms with Gasteiger partial charge in [-0.2, -0.15) is 0 Å². The first-order chi connectivity index (χ1) is 19.9. The highest BCUT2D eigenvalue weighted by molar-refractivity contribution is 5.69. The van der Waals surface area contributed by atoms with Crippen LogP contribution in [0.15, 0.2) is 0 Å². The van der Waals surface area contributed by atoms with Crippen LogP contribution in [0, 0.1) is 5.92 Å². The molecule has 0 saturated heterocycles. The lowest BCUT2D eigenvalue weighted by Crippen LogP contribution is -2.37. The van der Waals surface area contributed by atoms with Gasteiger partial charge in [-0.3, -0.25) is 9.69 Å². The molecule has 2 atom stereocenters. The maximum atomic E-state index is 12.5. The van der Waals surface area contributed by atoms with Crippen LogP contribution in [0.2, 0.25) is 0 Å². The molecular weight excluding hydrogens is 516 g/mol. The van der Waals surface area contributed by atoms with Crippen molar-refractivity contribution in [3.63, 3.8) is 0 Å². The van der Waals surface area contributed by atoms with Gasteiger partial charge in [0.15, 0.2) is 0 Å². The molecule has 7 nitrogen and oxygen atoms in total. The summed E-state index contributed by atoms with van der Waals surface area (Å²) in [7, 11) is 0. The Labute approximate surface area is 254 Å². The predicted molar refractivity (Wildman–Crippen MR) is 171 cm³/mol. The van der Waals surface area contributed by atoms with Crippen molar-refractivity contribution in [2.45, 2.75) is 150 Å². The minimum absolute atomic E-state index is 0.128. The molecule has 0 amide bonds. The van der Waals surface area contributed by atoms with Gasteiger partial charge in [-0.1, -0.05) is 99.3 Å². The quantitative estimate of drug-likeness (QED) is 0.0644. The second-order valence-electron chi connectivity index (χ2n) is 11.6. The minimum atomic E-state index is -0.588. The summed E-state index contributed by atoms with van der Waals surface area (Å²) in [5, 5.41) is 0. The van der Waals surface area contributed by atoms with E-state index in [2.05, 4.69) is 51.3 Å². The summed E-state index contributed by atoms with van der Waals surface area (Å²) in [6, 6.07) is 0. The first-order valence-corrected chi connectivity index (χ1v) is 17.4. The van der Waals surface area contributed by atoms with Gasteiger partial charge in [0.2, 0.25) is 0 Å². The van der Waals surface area contributed by atoms with Gasteiger partial charge in [-0.25, -0.2) is 4.79 Å². The van der Waals surface area contributed by atoms with Crippen LogP contribution in [-0.2, 0) is 19.0 Å². The number of hydrogen-bond acceptors (Lipinski definition) is 7. The van der Waals surface area contributed by atoms with Crippen molar-refractivity contribution in [3.8, 4) is 0 Å². The Morgan fingerprint density at radius 1 is 0.585 bits per heavy atom. The lowest BCUT2D eigenvalue weighted by Gasteiger charge is -2.25. The molecule has 2 unspecified atom stereocenters. The van der Waals surface area contributed by atoms with E-state index in [9.17, 15) is 9.59 Å². The molecule has 0 spiro atoms. The summed E-state index contributed by atoms with van der Waals surface area (Å²) >= 11 is 0. The van der Waals surface area contributed by atoms with Crippen LogP contribution < -0.4 is 0 Å². The van der Waals surface area contributed by atoms with Crippen LogP contribution >= 0.6 is 0 Å². The lowest BCUT2D eigenvalue weighted by atomic mass is 9.96. The summed E-state index contributed by atoms with van der Waals surface area (Å²) in [4.78, 5) is 29.7. The third kappa shape index (κ3) is 23.9. The van der Waals surface area contributed by atoms with E-state index in [1.165, 1.54) is 51.4 Å². The molecule has 0 aromatic heterocycles. The molecule has 0 saturated carbocycles. The average Bonchev–Trinajstić information content (AvgIpc) is 2.97. The first kappa shape index (κ1) is 39.7. The van der Waals surface area contributed by atoms with Crippen LogP contribution in [0.4, 0.5) is 4.79 Å². The van der Waals surface area contributed by atoms with E-state index in [0.29, 0.717) is 44.9 Å². The number of esters is 1. The number of carbonyl (C=O) groups excluding carboxylic acids is 2. The second kappa shape index (κ2) is 28.8. The predicted octanol–water partition coefficient (Wildman–Crippen LogP) is 8.63. The minimum Gasteiger partial charge on any atom is -0.465 e. The van der Waals surface area contributed by atoms with Crippen molar-refractivity contribution in [2.24, 2.45) is 5.92 Å². The highest BCUT2D eigenvalue weighted by Crippen LogP contribution is 2.19. The van der Waals surface area contributed by atoms with Crippen LogP contribution in [0.25, 0.3) is 0 Å². The second-order valence-corrected chi connectivity index (χ2v) is 11.6. The molecule has 0 heterocycles. The van der Waals surface area contributed by atoms with Crippen LogP contribution in [0.5, 0.6) is 0 Å². The largest absolute Gasteiger partial charge is 0.508 e. The maximum Gasteiger partial charge on any atom is 0.508 e. The topological polar surface area (TPSA) is 68.3 Å². The molecule has 0 aliphatic carbocycles. The number of hydrogen-bond donors (Lipinski definition) is 0. The van der Waals surface area contributed by atoms with E-state index in [1.54, 1.807) is 0 Å². The zero-order chi connectivity index (χ0) is 30.6. The van der Waals surface area contributed by atoms with Gasteiger partial charge in [0.05, 0.1) is 6.61 Å². The van der Waals surface area contributed by atoms with Gasteiger partial charge in [-0.15, -0.1) is 0 Å². The Morgan fingerprint density at radius 3 is 1.76 bits per heavy atom. The van der Waals surface area contributed by atoms with Crippen LogP contribution in [-0.4, -0.2) is 80.5 Å². The van der Waals surface area contributed by atoms with Gasteiger partial charge < -0.3 is 19.1 Å². The van der Waals surface area contributed by atoms with Gasteiger partial charge in [0, 0.05) is 26.1 Å². The Bertz CT molecular complexity index is 600. The summed E-state index contributed by atoms with van der Waals surface area (Å²) < 4.78 is 16.9. The molecule has 0 N–H and O–H groups in total. The first-order valence-electron chi connectivity index (χ1n) is 17.4. The number of ether oxygens (including phenoxy) is 3. The highest BCUT2D eigenvalue weighted by Gasteiger charge is 2.18. The molecule has 0 aromatic rings. The third-order valence-electron chi connectivity index (χ3n) is 8.16. The van der Waals surface area contributed by atoms with Crippen molar-refractivity contribution in [1.82, 2.24) is 9.80 Å². The zero-order valence-electron chi connectivity index (χ0n) is 28.1. The fraction of sp³-hybridized carbons (Fsp3) is 0.941. The van der Waals surface area contributed by atoms with Crippen molar-refractivity contribution >= 4 is 12.1 Å². The van der Waals surface area contributed by atoms with E-state index >= 15 is 0 Å². The lowest BCUT2D eigenvalue weighted by molar-refractivity contribution is -0.145. The number of nitrogens with zero attached hydrogens (tertiary/aromatic N) is 2. The van der Waals surface area contributed by atoms with Crippen LogP contribution in [0.3, 0.4) is 0 Å². The van der Waals surface area contributed by atoms with Crippen LogP contribution in [0.1, 0.15) is 144 Å². The SMILES string of the molecule is CCCCCCC(CCCC)COC(=O)CCCC(CCCCCC)OC(=O)OCCN(CC)CCN(CC)CC. The van der Waals surface area contributed by atoms with Crippen molar-refractivity contribution in [1.29, 1.82) is 0 Å². The number of likely N-dealkylation sites (N-methyl/N-ethyl adjacent to an activating group) is 2. The van der Waals surface area contributed by atoms with E-state index in [4.69, 9.17) is 14.2 Å². The van der Waals surface area contributed by atoms with E-state index in [-0.39, 0.29) is 12.1 Å². The highest BCUT2D eigenvalue weighted by atomic mass is 16.7. The Balaban J connectivity index is 4.55. The van der Waals surface area contributed by atoms with E-state index in [1.807, 2.05) is 0 Å². The number of unbranched alkanes of at least 4 members (excludes halogenated alkanes) is 7. The Morgan fingerprint density at radius 2 is 1.15 bits per heavy atom. The maximum absolute atomic E-state index is 12.5. The fourth-order valence-electron chi connectivity index (χ4n) is 5.16. The van der Waals surface area contributed by atoms with E-state index < -0.39 is 6.16 Å². The Kier molecular flexibility index (Phi) is 27.8. The third-order valence-corrected chi connectivity index (χ3v) is 8.16. The molecule has 0 fully saturated rings. The summed E-state index contributed by atoms with van der Waals surface area (Å²) in [5.41, 5.74) is 0. The molecule has 0 aliphatic heterocycles. The molecule has 0 aromatic carbocycles. The standard InChI is InChI=1S/C34H68N2O5/c1-7-13-16-18-22-31(21-15-9-3)30-40-33(37)25-20-24-32(23-19-17-14-8-2)41-34(38)39-29-28-36(12-6)27-26-35(10-4)11-5/h31-32H,7-30H2,1-6H3. The fourth-order valence-corrected chi connectivity index (χ4v) is 5.16. The normalized spacial score (nSPS) is 13.0. The van der Waals surface area contributed by atoms with Gasteiger partial charge >= 0.3 is 12.1 Å². The Hall–Kier alpha value is -1.34. The monoisotopic (exact) mass is 585 g/mol.